The lowest BCUT2D eigenvalue weighted by Gasteiger charge is -2.08. The summed E-state index contributed by atoms with van der Waals surface area (Å²) in [6, 6.07) is 7.28. The first kappa shape index (κ1) is 15.2. The van der Waals surface area contributed by atoms with Crippen LogP contribution in [0.15, 0.2) is 34.1 Å². The van der Waals surface area contributed by atoms with E-state index in [1.165, 1.54) is 10.4 Å². The van der Waals surface area contributed by atoms with Crippen molar-refractivity contribution in [3.63, 3.8) is 0 Å². The number of nitrogens with one attached hydrogen (secondary N) is 1. The fraction of sp³-hybridized carbons (Fsp3) is 0.267. The highest BCUT2D eigenvalue weighted by molar-refractivity contribution is 9.10. The molecule has 0 fully saturated rings. The van der Waals surface area contributed by atoms with Crippen molar-refractivity contribution in [2.45, 2.75) is 26.4 Å². The number of carbonyl (C=O) groups is 1. The Kier molecular flexibility index (Phi) is 5.34. The Labute approximate surface area is 130 Å². The summed E-state index contributed by atoms with van der Waals surface area (Å²) in [4.78, 5) is 12.2. The number of halogens is 1. The van der Waals surface area contributed by atoms with Gasteiger partial charge in [-0.1, -0.05) is 28.9 Å². The first-order chi connectivity index (χ1) is 9.61. The molecule has 0 aliphatic carbocycles. The Bertz CT molecular complexity index is 610. The lowest BCUT2D eigenvalue weighted by atomic mass is 10.1. The van der Waals surface area contributed by atoms with E-state index in [9.17, 15) is 4.79 Å². The van der Waals surface area contributed by atoms with Crippen LogP contribution >= 0.6 is 27.3 Å². The van der Waals surface area contributed by atoms with E-state index in [0.29, 0.717) is 12.1 Å². The molecule has 0 saturated carbocycles. The van der Waals surface area contributed by atoms with E-state index < -0.39 is 5.97 Å². The lowest BCUT2D eigenvalue weighted by Crippen LogP contribution is -2.13. The van der Waals surface area contributed by atoms with Crippen molar-refractivity contribution in [2.24, 2.45) is 0 Å². The molecule has 0 unspecified atom stereocenters. The zero-order chi connectivity index (χ0) is 14.5. The largest absolute Gasteiger partial charge is 0.478 e. The maximum Gasteiger partial charge on any atom is 0.335 e. The number of rotatable bonds is 6. The highest BCUT2D eigenvalue weighted by atomic mass is 79.9. The predicted octanol–water partition coefficient (Wildman–Crippen LogP) is 4.06. The molecule has 0 saturated heterocycles. The molecule has 0 aliphatic heterocycles. The molecule has 1 aromatic heterocycles. The van der Waals surface area contributed by atoms with Crippen molar-refractivity contribution in [1.82, 2.24) is 5.32 Å². The number of hydrogen-bond donors (Lipinski definition) is 2. The fourth-order valence-electron chi connectivity index (χ4n) is 1.97. The van der Waals surface area contributed by atoms with Gasteiger partial charge in [0.15, 0.2) is 0 Å². The van der Waals surface area contributed by atoms with Crippen LogP contribution in [0.1, 0.15) is 33.3 Å². The van der Waals surface area contributed by atoms with Crippen LogP contribution in [0.25, 0.3) is 0 Å². The fourth-order valence-corrected chi connectivity index (χ4v) is 3.44. The molecule has 0 aliphatic rings. The van der Waals surface area contributed by atoms with Crippen LogP contribution in [0, 0.1) is 0 Å². The molecule has 5 heteroatoms. The van der Waals surface area contributed by atoms with Gasteiger partial charge in [0, 0.05) is 22.4 Å². The maximum atomic E-state index is 10.9. The Morgan fingerprint density at radius 2 is 2.10 bits per heavy atom. The quantitative estimate of drug-likeness (QED) is 0.823. The smallest absolute Gasteiger partial charge is 0.335 e. The highest BCUT2D eigenvalue weighted by Gasteiger charge is 2.07. The first-order valence-corrected chi connectivity index (χ1v) is 8.06. The van der Waals surface area contributed by atoms with Gasteiger partial charge in [0.25, 0.3) is 0 Å². The van der Waals surface area contributed by atoms with E-state index >= 15 is 0 Å². The summed E-state index contributed by atoms with van der Waals surface area (Å²) >= 11 is 5.19. The van der Waals surface area contributed by atoms with Crippen molar-refractivity contribution < 1.29 is 9.90 Å². The number of benzene rings is 1. The van der Waals surface area contributed by atoms with Gasteiger partial charge in [-0.15, -0.1) is 11.3 Å². The second-order valence-corrected chi connectivity index (χ2v) is 6.29. The lowest BCUT2D eigenvalue weighted by molar-refractivity contribution is 0.0697. The van der Waals surface area contributed by atoms with Gasteiger partial charge < -0.3 is 10.4 Å². The molecular formula is C15H16BrNO2S. The summed E-state index contributed by atoms with van der Waals surface area (Å²) in [6.45, 7) is 3.71. The van der Waals surface area contributed by atoms with Crippen molar-refractivity contribution in [3.05, 3.63) is 55.7 Å². The molecule has 2 N–H and O–H groups in total. The van der Waals surface area contributed by atoms with Gasteiger partial charge in [0.2, 0.25) is 0 Å². The van der Waals surface area contributed by atoms with Crippen molar-refractivity contribution in [3.8, 4) is 0 Å². The van der Waals surface area contributed by atoms with Crippen molar-refractivity contribution >= 4 is 33.2 Å². The molecule has 1 heterocycles. The van der Waals surface area contributed by atoms with Gasteiger partial charge in [0.05, 0.1) is 5.56 Å². The Morgan fingerprint density at radius 1 is 1.30 bits per heavy atom. The molecule has 106 valence electrons. The average molecular weight is 354 g/mol. The standard InChI is InChI=1S/C15H16BrNO2S/c1-2-10-5-6-20-14(10)9-17-8-12-4-3-11(15(18)19)7-13(12)16/h3-7,17H,2,8-9H2,1H3,(H,18,19). The highest BCUT2D eigenvalue weighted by Crippen LogP contribution is 2.20. The zero-order valence-corrected chi connectivity index (χ0v) is 13.6. The van der Waals surface area contributed by atoms with E-state index in [1.807, 2.05) is 6.07 Å². The van der Waals surface area contributed by atoms with Gasteiger partial charge in [-0.25, -0.2) is 4.79 Å². The van der Waals surface area contributed by atoms with Gasteiger partial charge >= 0.3 is 5.97 Å². The van der Waals surface area contributed by atoms with E-state index in [2.05, 4.69) is 39.6 Å². The third-order valence-electron chi connectivity index (χ3n) is 3.12. The van der Waals surface area contributed by atoms with E-state index in [0.717, 1.165) is 23.0 Å². The van der Waals surface area contributed by atoms with E-state index in [4.69, 9.17) is 5.11 Å². The molecule has 0 spiro atoms. The maximum absolute atomic E-state index is 10.9. The van der Waals surface area contributed by atoms with Crippen LogP contribution < -0.4 is 5.32 Å². The zero-order valence-electron chi connectivity index (χ0n) is 11.1. The van der Waals surface area contributed by atoms with Crippen LogP contribution in [-0.4, -0.2) is 11.1 Å². The first-order valence-electron chi connectivity index (χ1n) is 6.39. The topological polar surface area (TPSA) is 49.3 Å². The monoisotopic (exact) mass is 353 g/mol. The minimum atomic E-state index is -0.906. The minimum Gasteiger partial charge on any atom is -0.478 e. The second-order valence-electron chi connectivity index (χ2n) is 4.44. The molecule has 20 heavy (non-hydrogen) atoms. The molecule has 0 radical (unpaired) electrons. The molecule has 1 aromatic carbocycles. The average Bonchev–Trinajstić information content (AvgIpc) is 2.87. The normalized spacial score (nSPS) is 10.7. The van der Waals surface area contributed by atoms with E-state index in [-0.39, 0.29) is 0 Å². The Balaban J connectivity index is 1.96. The van der Waals surface area contributed by atoms with Crippen LogP contribution in [-0.2, 0) is 19.5 Å². The number of carboxylic acid groups (broad SMARTS) is 1. The summed E-state index contributed by atoms with van der Waals surface area (Å²) < 4.78 is 0.826. The Morgan fingerprint density at radius 3 is 2.75 bits per heavy atom. The number of thiophene rings is 1. The number of aryl methyl sites for hydroxylation is 1. The molecule has 2 rings (SSSR count). The van der Waals surface area contributed by atoms with Crippen LogP contribution in [0.3, 0.4) is 0 Å². The summed E-state index contributed by atoms with van der Waals surface area (Å²) in [7, 11) is 0. The third kappa shape index (κ3) is 3.69. The minimum absolute atomic E-state index is 0.298. The van der Waals surface area contributed by atoms with Gasteiger partial charge in [-0.3, -0.25) is 0 Å². The SMILES string of the molecule is CCc1ccsc1CNCc1ccc(C(=O)O)cc1Br. The van der Waals surface area contributed by atoms with Crippen molar-refractivity contribution in [1.29, 1.82) is 0 Å². The molecule has 0 bridgehead atoms. The summed E-state index contributed by atoms with van der Waals surface area (Å²) in [6.07, 6.45) is 1.05. The second kappa shape index (κ2) is 7.02. The van der Waals surface area contributed by atoms with Gasteiger partial charge in [-0.2, -0.15) is 0 Å². The molecular weight excluding hydrogens is 338 g/mol. The number of carboxylic acids is 1. The third-order valence-corrected chi connectivity index (χ3v) is 4.82. The molecule has 3 nitrogen and oxygen atoms in total. The van der Waals surface area contributed by atoms with Crippen LogP contribution in [0.4, 0.5) is 0 Å². The van der Waals surface area contributed by atoms with E-state index in [1.54, 1.807) is 23.5 Å². The van der Waals surface area contributed by atoms with Gasteiger partial charge in [0.1, 0.15) is 0 Å². The molecule has 0 atom stereocenters. The van der Waals surface area contributed by atoms with Gasteiger partial charge in [-0.05, 0) is 41.1 Å². The summed E-state index contributed by atoms with van der Waals surface area (Å²) in [5.74, 6) is -0.906. The summed E-state index contributed by atoms with van der Waals surface area (Å²) in [5, 5.41) is 14.4. The number of aromatic carboxylic acids is 1. The predicted molar refractivity (Wildman–Crippen MR) is 85.3 cm³/mol. The molecule has 0 amide bonds. The summed E-state index contributed by atoms with van der Waals surface area (Å²) in [5.41, 5.74) is 2.75. The van der Waals surface area contributed by atoms with Crippen LogP contribution in [0.2, 0.25) is 0 Å². The van der Waals surface area contributed by atoms with Crippen LogP contribution in [0.5, 0.6) is 0 Å². The number of hydrogen-bond acceptors (Lipinski definition) is 3. The Hall–Kier alpha value is -1.17. The molecule has 2 aromatic rings. The van der Waals surface area contributed by atoms with Crippen molar-refractivity contribution in [2.75, 3.05) is 0 Å².